The van der Waals surface area contributed by atoms with Crippen molar-refractivity contribution in [1.82, 2.24) is 4.98 Å². The first-order chi connectivity index (χ1) is 9.64. The molecule has 3 heteroatoms. The monoisotopic (exact) mass is 276 g/mol. The molecule has 1 aromatic heterocycles. The molecule has 1 fully saturated rings. The van der Waals surface area contributed by atoms with Crippen LogP contribution in [-0.2, 0) is 0 Å². The van der Waals surface area contributed by atoms with E-state index < -0.39 is 6.10 Å². The number of anilines is 1. The lowest BCUT2D eigenvalue weighted by molar-refractivity contribution is 0.169. The predicted molar refractivity (Wildman–Crippen MR) is 83.9 cm³/mol. The number of rotatable bonds is 5. The molecule has 0 radical (unpaired) electrons. The standard InChI is InChI=1S/C17H28N2O/c1-4-16(20)15-8-7-14(13-18-15)19-11-9-17(5-2,6-3)10-12-19/h7-8,13,16,20H,4-6,9-12H2,1-3H3. The van der Waals surface area contributed by atoms with Gasteiger partial charge in [0, 0.05) is 13.1 Å². The highest BCUT2D eigenvalue weighted by Crippen LogP contribution is 2.39. The van der Waals surface area contributed by atoms with Crippen LogP contribution in [0.5, 0.6) is 0 Å². The third-order valence-corrected chi connectivity index (χ3v) is 5.19. The normalized spacial score (nSPS) is 19.9. The van der Waals surface area contributed by atoms with Crippen molar-refractivity contribution < 1.29 is 5.11 Å². The largest absolute Gasteiger partial charge is 0.387 e. The zero-order valence-corrected chi connectivity index (χ0v) is 13.1. The Labute approximate surface area is 123 Å². The number of hydrogen-bond donors (Lipinski definition) is 1. The quantitative estimate of drug-likeness (QED) is 0.885. The van der Waals surface area contributed by atoms with Crippen molar-refractivity contribution >= 4 is 5.69 Å². The minimum absolute atomic E-state index is 0.432. The van der Waals surface area contributed by atoms with Crippen molar-refractivity contribution in [1.29, 1.82) is 0 Å². The first-order valence-electron chi connectivity index (χ1n) is 8.03. The van der Waals surface area contributed by atoms with Gasteiger partial charge in [-0.15, -0.1) is 0 Å². The Morgan fingerprint density at radius 3 is 2.30 bits per heavy atom. The van der Waals surface area contributed by atoms with E-state index in [0.717, 1.165) is 18.8 Å². The highest BCUT2D eigenvalue weighted by Gasteiger charge is 2.31. The Balaban J connectivity index is 2.00. The molecule has 0 bridgehead atoms. The maximum Gasteiger partial charge on any atom is 0.0957 e. The van der Waals surface area contributed by atoms with Crippen LogP contribution >= 0.6 is 0 Å². The van der Waals surface area contributed by atoms with Gasteiger partial charge in [-0.25, -0.2) is 0 Å². The molecule has 0 saturated carbocycles. The molecule has 1 atom stereocenters. The van der Waals surface area contributed by atoms with Gasteiger partial charge in [-0.3, -0.25) is 4.98 Å². The van der Waals surface area contributed by atoms with Gasteiger partial charge in [0.2, 0.25) is 0 Å². The summed E-state index contributed by atoms with van der Waals surface area (Å²) in [6.07, 6.45) is 7.33. The number of piperidine rings is 1. The van der Waals surface area contributed by atoms with Crippen molar-refractivity contribution in [2.24, 2.45) is 5.41 Å². The third kappa shape index (κ3) is 3.14. The molecular weight excluding hydrogens is 248 g/mol. The van der Waals surface area contributed by atoms with Gasteiger partial charge in [-0.05, 0) is 36.8 Å². The van der Waals surface area contributed by atoms with Crippen molar-refractivity contribution in [2.75, 3.05) is 18.0 Å². The molecule has 3 nitrogen and oxygen atoms in total. The van der Waals surface area contributed by atoms with Crippen LogP contribution in [0.25, 0.3) is 0 Å². The van der Waals surface area contributed by atoms with Crippen LogP contribution < -0.4 is 4.90 Å². The Morgan fingerprint density at radius 2 is 1.85 bits per heavy atom. The number of hydrogen-bond acceptors (Lipinski definition) is 3. The summed E-state index contributed by atoms with van der Waals surface area (Å²) in [4.78, 5) is 6.84. The summed E-state index contributed by atoms with van der Waals surface area (Å²) in [5.74, 6) is 0. The van der Waals surface area contributed by atoms with Crippen LogP contribution in [0.3, 0.4) is 0 Å². The SMILES string of the molecule is CCC(O)c1ccc(N2CCC(CC)(CC)CC2)cn1. The van der Waals surface area contributed by atoms with Gasteiger partial charge in [-0.2, -0.15) is 0 Å². The molecule has 0 aliphatic carbocycles. The van der Waals surface area contributed by atoms with Gasteiger partial charge in [0.05, 0.1) is 23.7 Å². The lowest BCUT2D eigenvalue weighted by Gasteiger charge is -2.41. The summed E-state index contributed by atoms with van der Waals surface area (Å²) in [6.45, 7) is 8.86. The molecule has 1 unspecified atom stereocenters. The first-order valence-corrected chi connectivity index (χ1v) is 8.03. The van der Waals surface area contributed by atoms with Crippen molar-refractivity contribution in [2.45, 2.75) is 59.0 Å². The highest BCUT2D eigenvalue weighted by molar-refractivity contribution is 5.45. The zero-order chi connectivity index (χ0) is 14.6. The Morgan fingerprint density at radius 1 is 1.20 bits per heavy atom. The van der Waals surface area contributed by atoms with Gasteiger partial charge in [0.1, 0.15) is 0 Å². The predicted octanol–water partition coefficient (Wildman–Crippen LogP) is 3.93. The minimum Gasteiger partial charge on any atom is -0.387 e. The summed E-state index contributed by atoms with van der Waals surface area (Å²) < 4.78 is 0. The number of nitrogens with zero attached hydrogens (tertiary/aromatic N) is 2. The second-order valence-electron chi connectivity index (χ2n) is 6.06. The van der Waals surface area contributed by atoms with E-state index in [2.05, 4.69) is 29.8 Å². The summed E-state index contributed by atoms with van der Waals surface area (Å²) in [6, 6.07) is 4.07. The molecular formula is C17H28N2O. The summed E-state index contributed by atoms with van der Waals surface area (Å²) in [7, 11) is 0. The lowest BCUT2D eigenvalue weighted by Crippen LogP contribution is -2.39. The summed E-state index contributed by atoms with van der Waals surface area (Å²) in [5, 5.41) is 9.79. The number of aromatic nitrogens is 1. The first kappa shape index (κ1) is 15.3. The van der Waals surface area contributed by atoms with E-state index in [4.69, 9.17) is 0 Å². The molecule has 0 aromatic carbocycles. The molecule has 1 aliphatic rings. The number of aliphatic hydroxyl groups excluding tert-OH is 1. The third-order valence-electron chi connectivity index (χ3n) is 5.19. The molecule has 2 rings (SSSR count). The summed E-state index contributed by atoms with van der Waals surface area (Å²) in [5.41, 5.74) is 2.53. The van der Waals surface area contributed by atoms with Crippen molar-refractivity contribution in [3.8, 4) is 0 Å². The maximum atomic E-state index is 9.79. The molecule has 1 saturated heterocycles. The van der Waals surface area contributed by atoms with Gasteiger partial charge < -0.3 is 10.0 Å². The Hall–Kier alpha value is -1.09. The lowest BCUT2D eigenvalue weighted by atomic mass is 9.74. The Bertz CT molecular complexity index is 402. The van der Waals surface area contributed by atoms with Crippen LogP contribution in [0.15, 0.2) is 18.3 Å². The zero-order valence-electron chi connectivity index (χ0n) is 13.1. The average Bonchev–Trinajstić information content (AvgIpc) is 2.54. The van der Waals surface area contributed by atoms with Gasteiger partial charge in [0.25, 0.3) is 0 Å². The van der Waals surface area contributed by atoms with E-state index in [1.807, 2.05) is 19.2 Å². The average molecular weight is 276 g/mol. The van der Waals surface area contributed by atoms with E-state index in [0.29, 0.717) is 11.8 Å². The van der Waals surface area contributed by atoms with Crippen molar-refractivity contribution in [3.63, 3.8) is 0 Å². The molecule has 1 N–H and O–H groups in total. The Kier molecular flexibility index (Phi) is 5.03. The summed E-state index contributed by atoms with van der Waals surface area (Å²) >= 11 is 0. The molecule has 1 aliphatic heterocycles. The van der Waals surface area contributed by atoms with Gasteiger partial charge in [0.15, 0.2) is 0 Å². The maximum absolute atomic E-state index is 9.79. The van der Waals surface area contributed by atoms with E-state index >= 15 is 0 Å². The fraction of sp³-hybridized carbons (Fsp3) is 0.706. The molecule has 1 aromatic rings. The smallest absolute Gasteiger partial charge is 0.0957 e. The van der Waals surface area contributed by atoms with E-state index in [1.54, 1.807) is 0 Å². The second kappa shape index (κ2) is 6.57. The molecule has 0 amide bonds. The number of aliphatic hydroxyl groups is 1. The van der Waals surface area contributed by atoms with Gasteiger partial charge in [-0.1, -0.05) is 33.6 Å². The van der Waals surface area contributed by atoms with Crippen LogP contribution in [0.2, 0.25) is 0 Å². The molecule has 2 heterocycles. The van der Waals surface area contributed by atoms with E-state index in [9.17, 15) is 5.11 Å². The van der Waals surface area contributed by atoms with E-state index in [1.165, 1.54) is 31.4 Å². The molecule has 0 spiro atoms. The van der Waals surface area contributed by atoms with Crippen LogP contribution in [0, 0.1) is 5.41 Å². The fourth-order valence-electron chi connectivity index (χ4n) is 3.19. The van der Waals surface area contributed by atoms with Crippen molar-refractivity contribution in [3.05, 3.63) is 24.0 Å². The topological polar surface area (TPSA) is 36.4 Å². The molecule has 20 heavy (non-hydrogen) atoms. The van der Waals surface area contributed by atoms with Crippen LogP contribution in [0.4, 0.5) is 5.69 Å². The highest BCUT2D eigenvalue weighted by atomic mass is 16.3. The molecule has 112 valence electrons. The fourth-order valence-corrected chi connectivity index (χ4v) is 3.19. The number of pyridine rings is 1. The van der Waals surface area contributed by atoms with Gasteiger partial charge >= 0.3 is 0 Å². The van der Waals surface area contributed by atoms with E-state index in [-0.39, 0.29) is 0 Å². The van der Waals surface area contributed by atoms with Crippen LogP contribution in [-0.4, -0.2) is 23.2 Å². The van der Waals surface area contributed by atoms with Crippen LogP contribution in [0.1, 0.15) is 64.7 Å². The minimum atomic E-state index is -0.432. The second-order valence-corrected chi connectivity index (χ2v) is 6.06.